The van der Waals surface area contributed by atoms with Crippen molar-refractivity contribution >= 4 is 21.4 Å². The lowest BCUT2D eigenvalue weighted by molar-refractivity contribution is -0.384. The number of anilines is 1. The van der Waals surface area contributed by atoms with E-state index in [2.05, 4.69) is 5.32 Å². The zero-order valence-corrected chi connectivity index (χ0v) is 12.0. The largest absolute Gasteiger partial charge is 0.377 e. The number of nitrogens with zero attached hydrogens (tertiary/aromatic N) is 2. The number of benzene rings is 1. The summed E-state index contributed by atoms with van der Waals surface area (Å²) in [6.07, 6.45) is 2.47. The normalized spacial score (nSPS) is 17.9. The maximum absolute atomic E-state index is 11.4. The quantitative estimate of drug-likeness (QED) is 0.670. The predicted octanol–water partition coefficient (Wildman–Crippen LogP) is 1.43. The molecule has 8 heteroatoms. The molecule has 1 aromatic carbocycles. The standard InChI is InChI=1S/C12H17N3O4S/c1-20(18,19)14-8-6-10(7-9-14)13-11-4-2-3-5-12(11)15(16)17/h2-5,10,13H,6-9H2,1H3. The van der Waals surface area contributed by atoms with Crippen LogP contribution >= 0.6 is 0 Å². The van der Waals surface area contributed by atoms with Crippen LogP contribution in [0.2, 0.25) is 0 Å². The minimum absolute atomic E-state index is 0.0399. The number of rotatable bonds is 4. The fourth-order valence-electron chi connectivity index (χ4n) is 2.31. The van der Waals surface area contributed by atoms with Gasteiger partial charge >= 0.3 is 0 Å². The second-order valence-corrected chi connectivity index (χ2v) is 6.84. The smallest absolute Gasteiger partial charge is 0.292 e. The second-order valence-electron chi connectivity index (χ2n) is 4.85. The highest BCUT2D eigenvalue weighted by Crippen LogP contribution is 2.26. The molecule has 0 bridgehead atoms. The van der Waals surface area contributed by atoms with Crippen LogP contribution in [0.3, 0.4) is 0 Å². The van der Waals surface area contributed by atoms with E-state index in [0.29, 0.717) is 31.6 Å². The highest BCUT2D eigenvalue weighted by molar-refractivity contribution is 7.88. The molecule has 0 atom stereocenters. The van der Waals surface area contributed by atoms with Gasteiger partial charge in [-0.1, -0.05) is 12.1 Å². The van der Waals surface area contributed by atoms with E-state index in [1.807, 2.05) is 0 Å². The van der Waals surface area contributed by atoms with Gasteiger partial charge in [0.05, 0.1) is 11.2 Å². The zero-order valence-electron chi connectivity index (χ0n) is 11.2. The molecule has 110 valence electrons. The van der Waals surface area contributed by atoms with Crippen LogP contribution in [0.5, 0.6) is 0 Å². The summed E-state index contributed by atoms with van der Waals surface area (Å²) in [7, 11) is -3.15. The van der Waals surface area contributed by atoms with Crippen molar-refractivity contribution in [2.45, 2.75) is 18.9 Å². The van der Waals surface area contributed by atoms with Crippen molar-refractivity contribution < 1.29 is 13.3 Å². The lowest BCUT2D eigenvalue weighted by atomic mass is 10.1. The summed E-state index contributed by atoms with van der Waals surface area (Å²) in [6, 6.07) is 6.53. The van der Waals surface area contributed by atoms with Crippen molar-refractivity contribution in [3.8, 4) is 0 Å². The molecule has 0 saturated carbocycles. The fraction of sp³-hybridized carbons (Fsp3) is 0.500. The highest BCUT2D eigenvalue weighted by Gasteiger charge is 2.26. The number of sulfonamides is 1. The summed E-state index contributed by atoms with van der Waals surface area (Å²) in [5, 5.41) is 14.1. The van der Waals surface area contributed by atoms with Gasteiger partial charge in [0, 0.05) is 25.2 Å². The maximum atomic E-state index is 11.4. The Bertz CT molecular complexity index is 594. The Morgan fingerprint density at radius 2 is 1.90 bits per heavy atom. The van der Waals surface area contributed by atoms with Gasteiger partial charge in [-0.2, -0.15) is 0 Å². The molecule has 7 nitrogen and oxygen atoms in total. The van der Waals surface area contributed by atoms with Crippen LogP contribution in [0.25, 0.3) is 0 Å². The minimum Gasteiger partial charge on any atom is -0.377 e. The highest BCUT2D eigenvalue weighted by atomic mass is 32.2. The maximum Gasteiger partial charge on any atom is 0.292 e. The SMILES string of the molecule is CS(=O)(=O)N1CCC(Nc2ccccc2[N+](=O)[O-])CC1. The molecule has 0 amide bonds. The van der Waals surface area contributed by atoms with E-state index in [1.165, 1.54) is 16.6 Å². The van der Waals surface area contributed by atoms with Crippen LogP contribution in [0.15, 0.2) is 24.3 Å². The Balaban J connectivity index is 2.02. The van der Waals surface area contributed by atoms with Crippen molar-refractivity contribution in [2.75, 3.05) is 24.7 Å². The third-order valence-corrected chi connectivity index (χ3v) is 4.69. The number of nitrogens with one attached hydrogen (secondary N) is 1. The second kappa shape index (κ2) is 5.76. The van der Waals surface area contributed by atoms with E-state index in [-0.39, 0.29) is 11.7 Å². The molecule has 1 aliphatic rings. The van der Waals surface area contributed by atoms with Gasteiger partial charge in [-0.3, -0.25) is 10.1 Å². The Morgan fingerprint density at radius 3 is 2.45 bits per heavy atom. The van der Waals surface area contributed by atoms with Gasteiger partial charge < -0.3 is 5.32 Å². The lowest BCUT2D eigenvalue weighted by Crippen LogP contribution is -2.41. The van der Waals surface area contributed by atoms with E-state index >= 15 is 0 Å². The molecular weight excluding hydrogens is 282 g/mol. The molecule has 1 N–H and O–H groups in total. The molecule has 1 aromatic rings. The molecule has 1 fully saturated rings. The predicted molar refractivity (Wildman–Crippen MR) is 76.2 cm³/mol. The van der Waals surface area contributed by atoms with Crippen LogP contribution < -0.4 is 5.32 Å². The van der Waals surface area contributed by atoms with Crippen LogP contribution in [0.1, 0.15) is 12.8 Å². The van der Waals surface area contributed by atoms with Crippen LogP contribution in [0, 0.1) is 10.1 Å². The molecule has 0 aromatic heterocycles. The summed E-state index contributed by atoms with van der Waals surface area (Å²) in [5.74, 6) is 0. The monoisotopic (exact) mass is 299 g/mol. The Hall–Kier alpha value is -1.67. The molecule has 1 saturated heterocycles. The molecule has 2 rings (SSSR count). The molecule has 20 heavy (non-hydrogen) atoms. The first-order valence-corrected chi connectivity index (χ1v) is 8.18. The molecule has 0 radical (unpaired) electrons. The third kappa shape index (κ3) is 3.45. The summed E-state index contributed by atoms with van der Waals surface area (Å²) < 4.78 is 24.3. The molecule has 1 aliphatic heterocycles. The Kier molecular flexibility index (Phi) is 4.24. The first kappa shape index (κ1) is 14.7. The third-order valence-electron chi connectivity index (χ3n) is 3.38. The van der Waals surface area contributed by atoms with Crippen LogP contribution in [0.4, 0.5) is 11.4 Å². The van der Waals surface area contributed by atoms with E-state index in [4.69, 9.17) is 0 Å². The van der Waals surface area contributed by atoms with Crippen LogP contribution in [-0.2, 0) is 10.0 Å². The van der Waals surface area contributed by atoms with E-state index in [0.717, 1.165) is 0 Å². The fourth-order valence-corrected chi connectivity index (χ4v) is 3.18. The van der Waals surface area contributed by atoms with Crippen molar-refractivity contribution in [3.63, 3.8) is 0 Å². The van der Waals surface area contributed by atoms with Gasteiger partial charge in [0.25, 0.3) is 5.69 Å². The molecule has 0 unspecified atom stereocenters. The number of para-hydroxylation sites is 2. The van der Waals surface area contributed by atoms with Crippen molar-refractivity contribution in [2.24, 2.45) is 0 Å². The number of hydrogen-bond acceptors (Lipinski definition) is 5. The number of nitro benzene ring substituents is 1. The number of nitro groups is 1. The zero-order chi connectivity index (χ0) is 14.8. The van der Waals surface area contributed by atoms with Gasteiger partial charge in [0.2, 0.25) is 10.0 Å². The van der Waals surface area contributed by atoms with Gasteiger partial charge in [-0.05, 0) is 18.9 Å². The molecule has 1 heterocycles. The number of piperidine rings is 1. The Labute approximate surface area is 117 Å². The molecule has 0 spiro atoms. The molecule has 0 aliphatic carbocycles. The summed E-state index contributed by atoms with van der Waals surface area (Å²) in [6.45, 7) is 0.883. The van der Waals surface area contributed by atoms with E-state index < -0.39 is 14.9 Å². The summed E-state index contributed by atoms with van der Waals surface area (Å²) in [5.41, 5.74) is 0.522. The first-order chi connectivity index (χ1) is 9.38. The minimum atomic E-state index is -3.15. The van der Waals surface area contributed by atoms with Crippen LogP contribution in [-0.4, -0.2) is 43.0 Å². The van der Waals surface area contributed by atoms with E-state index in [9.17, 15) is 18.5 Å². The first-order valence-electron chi connectivity index (χ1n) is 6.33. The van der Waals surface area contributed by atoms with Gasteiger partial charge in [-0.25, -0.2) is 12.7 Å². The summed E-state index contributed by atoms with van der Waals surface area (Å²) in [4.78, 5) is 10.5. The van der Waals surface area contributed by atoms with Crippen molar-refractivity contribution in [1.82, 2.24) is 4.31 Å². The summed E-state index contributed by atoms with van der Waals surface area (Å²) >= 11 is 0. The Morgan fingerprint density at radius 1 is 1.30 bits per heavy atom. The van der Waals surface area contributed by atoms with Crippen molar-refractivity contribution in [3.05, 3.63) is 34.4 Å². The van der Waals surface area contributed by atoms with Gasteiger partial charge in [-0.15, -0.1) is 0 Å². The average molecular weight is 299 g/mol. The molecular formula is C12H17N3O4S. The number of hydrogen-bond donors (Lipinski definition) is 1. The van der Waals surface area contributed by atoms with Gasteiger partial charge in [0.15, 0.2) is 0 Å². The van der Waals surface area contributed by atoms with E-state index in [1.54, 1.807) is 18.2 Å². The van der Waals surface area contributed by atoms with Crippen molar-refractivity contribution in [1.29, 1.82) is 0 Å². The average Bonchev–Trinajstić information content (AvgIpc) is 2.38. The van der Waals surface area contributed by atoms with Gasteiger partial charge in [0.1, 0.15) is 5.69 Å². The topological polar surface area (TPSA) is 92.6 Å². The lowest BCUT2D eigenvalue weighted by Gasteiger charge is -2.31.